The highest BCUT2D eigenvalue weighted by atomic mass is 16.5. The van der Waals surface area contributed by atoms with Gasteiger partial charge in [0.15, 0.2) is 0 Å². The van der Waals surface area contributed by atoms with Gasteiger partial charge in [-0.05, 0) is 31.1 Å². The summed E-state index contributed by atoms with van der Waals surface area (Å²) >= 11 is 0. The quantitative estimate of drug-likeness (QED) is 0.736. The monoisotopic (exact) mass is 194 g/mol. The molecule has 1 N–H and O–H groups in total. The van der Waals surface area contributed by atoms with E-state index >= 15 is 0 Å². The smallest absolute Gasteiger partial charge is 0.0628 e. The summed E-state index contributed by atoms with van der Waals surface area (Å²) in [5.74, 6) is 0. The van der Waals surface area contributed by atoms with Crippen molar-refractivity contribution in [1.82, 2.24) is 5.32 Å². The van der Waals surface area contributed by atoms with Crippen LogP contribution >= 0.6 is 0 Å². The molecular weight excluding hydrogens is 176 g/mol. The van der Waals surface area contributed by atoms with Crippen molar-refractivity contribution in [3.8, 4) is 6.07 Å². The van der Waals surface area contributed by atoms with Crippen LogP contribution in [-0.4, -0.2) is 25.8 Å². The highest BCUT2D eigenvalue weighted by Crippen LogP contribution is 2.47. The molecule has 1 saturated carbocycles. The normalized spacial score (nSPS) is 25.6. The second-order valence-electron chi connectivity index (χ2n) is 4.60. The van der Waals surface area contributed by atoms with Crippen molar-refractivity contribution in [3.05, 3.63) is 0 Å². The third kappa shape index (κ3) is 2.46. The van der Waals surface area contributed by atoms with E-state index in [0.29, 0.717) is 11.5 Å². The van der Waals surface area contributed by atoms with Crippen molar-refractivity contribution in [2.24, 2.45) is 5.41 Å². The Morgan fingerprint density at radius 1 is 1.36 bits per heavy atom. The number of nitrogens with zero attached hydrogens (tertiary/aromatic N) is 1. The van der Waals surface area contributed by atoms with Crippen LogP contribution in [0.1, 0.15) is 32.1 Å². The molecular formula is C11H18N2O. The van der Waals surface area contributed by atoms with Gasteiger partial charge in [0.05, 0.1) is 6.07 Å². The molecule has 1 aliphatic carbocycles. The molecule has 0 amide bonds. The molecule has 78 valence electrons. The van der Waals surface area contributed by atoms with E-state index in [1.165, 1.54) is 12.8 Å². The molecule has 2 aliphatic rings. The average Bonchev–Trinajstić information content (AvgIpc) is 2.98. The highest BCUT2D eigenvalue weighted by Gasteiger charge is 2.42. The molecule has 0 spiro atoms. The Hall–Kier alpha value is -0.590. The van der Waals surface area contributed by atoms with E-state index in [-0.39, 0.29) is 0 Å². The summed E-state index contributed by atoms with van der Waals surface area (Å²) in [5.41, 5.74) is 0.340. The van der Waals surface area contributed by atoms with Crippen LogP contribution in [0.2, 0.25) is 0 Å². The van der Waals surface area contributed by atoms with Crippen molar-refractivity contribution < 1.29 is 4.74 Å². The van der Waals surface area contributed by atoms with Gasteiger partial charge in [-0.25, -0.2) is 0 Å². The SMILES string of the molecule is N#CCC1(CNC2CCOCC2)CC1. The second-order valence-corrected chi connectivity index (χ2v) is 4.60. The van der Waals surface area contributed by atoms with Crippen LogP contribution in [0, 0.1) is 16.7 Å². The van der Waals surface area contributed by atoms with E-state index in [1.54, 1.807) is 0 Å². The summed E-state index contributed by atoms with van der Waals surface area (Å²) < 4.78 is 5.30. The van der Waals surface area contributed by atoms with Crippen molar-refractivity contribution in [2.45, 2.75) is 38.1 Å². The van der Waals surface area contributed by atoms with E-state index in [1.807, 2.05) is 0 Å². The minimum absolute atomic E-state index is 0.340. The zero-order valence-electron chi connectivity index (χ0n) is 8.59. The minimum atomic E-state index is 0.340. The molecule has 0 aromatic rings. The fourth-order valence-corrected chi connectivity index (χ4v) is 2.02. The van der Waals surface area contributed by atoms with Crippen LogP contribution in [-0.2, 0) is 4.74 Å². The molecule has 0 bridgehead atoms. The highest BCUT2D eigenvalue weighted by molar-refractivity contribution is 5.01. The summed E-state index contributed by atoms with van der Waals surface area (Å²) in [6.45, 7) is 2.82. The van der Waals surface area contributed by atoms with Crippen molar-refractivity contribution in [3.63, 3.8) is 0 Å². The molecule has 1 heterocycles. The molecule has 2 fully saturated rings. The molecule has 14 heavy (non-hydrogen) atoms. The fraction of sp³-hybridized carbons (Fsp3) is 0.909. The Morgan fingerprint density at radius 3 is 2.64 bits per heavy atom. The van der Waals surface area contributed by atoms with E-state index in [4.69, 9.17) is 10.00 Å². The number of rotatable bonds is 4. The number of nitrogens with one attached hydrogen (secondary N) is 1. The Kier molecular flexibility index (Phi) is 3.05. The van der Waals surface area contributed by atoms with E-state index in [0.717, 1.165) is 39.0 Å². The molecule has 2 rings (SSSR count). The molecule has 0 atom stereocenters. The third-order valence-corrected chi connectivity index (χ3v) is 3.40. The van der Waals surface area contributed by atoms with Crippen LogP contribution in [0.3, 0.4) is 0 Å². The van der Waals surface area contributed by atoms with Gasteiger partial charge in [0.2, 0.25) is 0 Å². The number of hydrogen-bond donors (Lipinski definition) is 1. The van der Waals surface area contributed by atoms with Gasteiger partial charge in [-0.15, -0.1) is 0 Å². The van der Waals surface area contributed by atoms with E-state index in [2.05, 4.69) is 11.4 Å². The largest absolute Gasteiger partial charge is 0.381 e. The fourth-order valence-electron chi connectivity index (χ4n) is 2.02. The summed E-state index contributed by atoms with van der Waals surface area (Å²) in [6, 6.07) is 2.92. The standard InChI is InChI=1S/C11H18N2O/c12-6-5-11(3-4-11)9-13-10-1-7-14-8-2-10/h10,13H,1-5,7-9H2. The maximum Gasteiger partial charge on any atom is 0.0628 e. The van der Waals surface area contributed by atoms with Crippen LogP contribution in [0.25, 0.3) is 0 Å². The van der Waals surface area contributed by atoms with Gasteiger partial charge in [-0.1, -0.05) is 0 Å². The lowest BCUT2D eigenvalue weighted by Crippen LogP contribution is -2.38. The first-order valence-electron chi connectivity index (χ1n) is 5.53. The van der Waals surface area contributed by atoms with Gasteiger partial charge in [0.1, 0.15) is 0 Å². The van der Waals surface area contributed by atoms with Gasteiger partial charge in [-0.2, -0.15) is 5.26 Å². The van der Waals surface area contributed by atoms with Gasteiger partial charge in [0, 0.05) is 32.2 Å². The Balaban J connectivity index is 1.69. The van der Waals surface area contributed by atoms with Crippen LogP contribution < -0.4 is 5.32 Å². The lowest BCUT2D eigenvalue weighted by atomic mass is 10.0. The van der Waals surface area contributed by atoms with Gasteiger partial charge < -0.3 is 10.1 Å². The number of nitriles is 1. The lowest BCUT2D eigenvalue weighted by molar-refractivity contribution is 0.0766. The topological polar surface area (TPSA) is 45.0 Å². The molecule has 1 aliphatic heterocycles. The van der Waals surface area contributed by atoms with Crippen molar-refractivity contribution in [2.75, 3.05) is 19.8 Å². The van der Waals surface area contributed by atoms with Gasteiger partial charge in [0.25, 0.3) is 0 Å². The lowest BCUT2D eigenvalue weighted by Gasteiger charge is -2.25. The maximum absolute atomic E-state index is 8.68. The number of ether oxygens (including phenoxy) is 1. The predicted molar refractivity (Wildman–Crippen MR) is 53.7 cm³/mol. The van der Waals surface area contributed by atoms with E-state index in [9.17, 15) is 0 Å². The Bertz CT molecular complexity index is 224. The van der Waals surface area contributed by atoms with Gasteiger partial charge in [-0.3, -0.25) is 0 Å². The number of hydrogen-bond acceptors (Lipinski definition) is 3. The van der Waals surface area contributed by atoms with Gasteiger partial charge >= 0.3 is 0 Å². The first-order chi connectivity index (χ1) is 6.85. The molecule has 3 nitrogen and oxygen atoms in total. The van der Waals surface area contributed by atoms with Crippen molar-refractivity contribution in [1.29, 1.82) is 5.26 Å². The van der Waals surface area contributed by atoms with Crippen LogP contribution in [0.5, 0.6) is 0 Å². The first kappa shape index (κ1) is 9.95. The maximum atomic E-state index is 8.68. The first-order valence-corrected chi connectivity index (χ1v) is 5.53. The Morgan fingerprint density at radius 2 is 2.07 bits per heavy atom. The van der Waals surface area contributed by atoms with Crippen molar-refractivity contribution >= 4 is 0 Å². The van der Waals surface area contributed by atoms with E-state index < -0.39 is 0 Å². The Labute approximate surface area is 85.4 Å². The summed E-state index contributed by atoms with van der Waals surface area (Å²) in [6.07, 6.45) is 5.45. The summed E-state index contributed by atoms with van der Waals surface area (Å²) in [5, 5.41) is 12.3. The molecule has 0 radical (unpaired) electrons. The summed E-state index contributed by atoms with van der Waals surface area (Å²) in [7, 11) is 0. The molecule has 1 saturated heterocycles. The zero-order chi connectivity index (χ0) is 9.86. The average molecular weight is 194 g/mol. The molecule has 3 heteroatoms. The molecule has 0 aromatic carbocycles. The zero-order valence-corrected chi connectivity index (χ0v) is 8.59. The predicted octanol–water partition coefficient (Wildman–Crippen LogP) is 1.45. The molecule has 0 aromatic heterocycles. The van der Waals surface area contributed by atoms with Crippen LogP contribution in [0.4, 0.5) is 0 Å². The second kappa shape index (κ2) is 4.29. The van der Waals surface area contributed by atoms with Crippen LogP contribution in [0.15, 0.2) is 0 Å². The third-order valence-electron chi connectivity index (χ3n) is 3.40. The summed E-state index contributed by atoms with van der Waals surface area (Å²) in [4.78, 5) is 0. The minimum Gasteiger partial charge on any atom is -0.381 e. The molecule has 0 unspecified atom stereocenters.